The van der Waals surface area contributed by atoms with Crippen LogP contribution in [0.5, 0.6) is 0 Å². The molecule has 0 radical (unpaired) electrons. The molecule has 3 heterocycles. The second-order valence-corrected chi connectivity index (χ2v) is 9.25. The second kappa shape index (κ2) is 10.0. The summed E-state index contributed by atoms with van der Waals surface area (Å²) in [6, 6.07) is 20.8. The zero-order valence-corrected chi connectivity index (χ0v) is 19.2. The first kappa shape index (κ1) is 22.7. The van der Waals surface area contributed by atoms with Gasteiger partial charge in [-0.25, -0.2) is 4.39 Å². The molecule has 3 atom stereocenters. The van der Waals surface area contributed by atoms with Crippen molar-refractivity contribution in [2.24, 2.45) is 0 Å². The molecule has 0 bridgehead atoms. The highest BCUT2D eigenvalue weighted by Gasteiger charge is 2.49. The number of carbonyl (C=O) groups is 1. The van der Waals surface area contributed by atoms with E-state index in [9.17, 15) is 14.3 Å². The van der Waals surface area contributed by atoms with Crippen molar-refractivity contribution in [3.05, 3.63) is 90.0 Å². The van der Waals surface area contributed by atoms with Crippen molar-refractivity contribution in [1.82, 2.24) is 14.8 Å². The predicted octanol–water partition coefficient (Wildman–Crippen LogP) is 3.88. The second-order valence-electron chi connectivity index (χ2n) is 9.25. The van der Waals surface area contributed by atoms with Crippen LogP contribution in [0.15, 0.2) is 72.9 Å². The molecule has 0 aliphatic carbocycles. The van der Waals surface area contributed by atoms with Crippen LogP contribution in [0.4, 0.5) is 4.39 Å². The van der Waals surface area contributed by atoms with Crippen molar-refractivity contribution < 1.29 is 14.3 Å². The Morgan fingerprint density at radius 2 is 1.68 bits per heavy atom. The fourth-order valence-electron chi connectivity index (χ4n) is 5.48. The Kier molecular flexibility index (Phi) is 6.70. The van der Waals surface area contributed by atoms with Gasteiger partial charge in [0.15, 0.2) is 0 Å². The third-order valence-corrected chi connectivity index (χ3v) is 7.25. The molecule has 5 rings (SSSR count). The molecular weight excluding hydrogens is 429 g/mol. The van der Waals surface area contributed by atoms with E-state index in [4.69, 9.17) is 0 Å². The van der Waals surface area contributed by atoms with E-state index in [1.165, 1.54) is 17.7 Å². The molecule has 3 aromatic rings. The smallest absolute Gasteiger partial charge is 0.228 e. The summed E-state index contributed by atoms with van der Waals surface area (Å²) in [4.78, 5) is 21.8. The van der Waals surface area contributed by atoms with E-state index < -0.39 is 0 Å². The average molecular weight is 460 g/mol. The van der Waals surface area contributed by atoms with E-state index in [1.807, 2.05) is 23.1 Å². The van der Waals surface area contributed by atoms with Crippen molar-refractivity contribution in [3.8, 4) is 11.1 Å². The molecular formula is C28H30FN3O2. The number of aliphatic hydroxyl groups excluding tert-OH is 1. The lowest BCUT2D eigenvalue weighted by Crippen LogP contribution is -2.68. The summed E-state index contributed by atoms with van der Waals surface area (Å²) < 4.78 is 13.3. The normalized spacial score (nSPS) is 22.9. The first-order valence-electron chi connectivity index (χ1n) is 12.0. The number of fused-ring (bicyclic) bond motifs is 1. The summed E-state index contributed by atoms with van der Waals surface area (Å²) >= 11 is 0. The highest BCUT2D eigenvalue weighted by atomic mass is 19.1. The van der Waals surface area contributed by atoms with Crippen LogP contribution in [0, 0.1) is 5.82 Å². The monoisotopic (exact) mass is 459 g/mol. The highest BCUT2D eigenvalue weighted by Crippen LogP contribution is 2.42. The zero-order chi connectivity index (χ0) is 23.5. The van der Waals surface area contributed by atoms with Gasteiger partial charge in [-0.3, -0.25) is 14.7 Å². The first-order valence-corrected chi connectivity index (χ1v) is 12.0. The van der Waals surface area contributed by atoms with E-state index in [2.05, 4.69) is 34.1 Å². The molecule has 0 unspecified atom stereocenters. The third-order valence-electron chi connectivity index (χ3n) is 7.25. The van der Waals surface area contributed by atoms with Crippen LogP contribution < -0.4 is 0 Å². The average Bonchev–Trinajstić information content (AvgIpc) is 2.84. The number of carbonyl (C=O) groups excluding carboxylic acids is 1. The predicted molar refractivity (Wildman–Crippen MR) is 130 cm³/mol. The lowest BCUT2D eigenvalue weighted by molar-refractivity contribution is -0.135. The van der Waals surface area contributed by atoms with Crippen molar-refractivity contribution in [1.29, 1.82) is 0 Å². The summed E-state index contributed by atoms with van der Waals surface area (Å²) in [5.74, 6) is 0.0288. The number of aromatic nitrogens is 1. The van der Waals surface area contributed by atoms with Crippen LogP contribution in [0.3, 0.4) is 0 Å². The van der Waals surface area contributed by atoms with Crippen LogP contribution in [0.25, 0.3) is 11.1 Å². The van der Waals surface area contributed by atoms with Gasteiger partial charge in [0.05, 0.1) is 13.0 Å². The number of amides is 1. The Labute approximate surface area is 199 Å². The zero-order valence-electron chi connectivity index (χ0n) is 19.2. The minimum absolute atomic E-state index is 0.0625. The fourth-order valence-corrected chi connectivity index (χ4v) is 5.48. The van der Waals surface area contributed by atoms with Gasteiger partial charge in [0.25, 0.3) is 0 Å². The van der Waals surface area contributed by atoms with Crippen LogP contribution in [-0.2, 0) is 11.2 Å². The SMILES string of the molecule is O=C(Cc1ccccn1)N1CCCCN2[C@H](CO)[C@@H](c3ccc(-c4ccc(F)cc4)cc3)[C@H]2C1. The molecule has 2 saturated heterocycles. The van der Waals surface area contributed by atoms with E-state index >= 15 is 0 Å². The molecule has 2 aliphatic heterocycles. The number of benzene rings is 2. The largest absolute Gasteiger partial charge is 0.395 e. The van der Waals surface area contributed by atoms with E-state index in [0.29, 0.717) is 13.0 Å². The molecule has 1 N–H and O–H groups in total. The van der Waals surface area contributed by atoms with Gasteiger partial charge >= 0.3 is 0 Å². The third kappa shape index (κ3) is 4.61. The van der Waals surface area contributed by atoms with Crippen LogP contribution in [0.1, 0.15) is 30.0 Å². The van der Waals surface area contributed by atoms with Crippen molar-refractivity contribution >= 4 is 5.91 Å². The Bertz CT molecular complexity index is 1100. The summed E-state index contributed by atoms with van der Waals surface area (Å²) in [6.07, 6.45) is 4.01. The van der Waals surface area contributed by atoms with Gasteiger partial charge in [-0.15, -0.1) is 0 Å². The van der Waals surface area contributed by atoms with Crippen LogP contribution in [0.2, 0.25) is 0 Å². The number of aliphatic hydroxyl groups is 1. The topological polar surface area (TPSA) is 56.7 Å². The Morgan fingerprint density at radius 1 is 0.971 bits per heavy atom. The maximum atomic E-state index is 13.3. The van der Waals surface area contributed by atoms with E-state index in [-0.39, 0.29) is 36.3 Å². The summed E-state index contributed by atoms with van der Waals surface area (Å²) in [5.41, 5.74) is 3.97. The molecule has 0 spiro atoms. The van der Waals surface area contributed by atoms with Gasteiger partial charge in [0, 0.05) is 43.0 Å². The molecule has 5 nitrogen and oxygen atoms in total. The molecule has 2 aliphatic rings. The highest BCUT2D eigenvalue weighted by molar-refractivity contribution is 5.78. The molecule has 1 aromatic heterocycles. The van der Waals surface area contributed by atoms with Gasteiger partial charge in [-0.2, -0.15) is 0 Å². The number of rotatable bonds is 5. The lowest BCUT2D eigenvalue weighted by Gasteiger charge is -2.57. The molecule has 2 fully saturated rings. The molecule has 2 aromatic carbocycles. The maximum Gasteiger partial charge on any atom is 0.228 e. The number of halogens is 1. The maximum absolute atomic E-state index is 13.3. The quantitative estimate of drug-likeness (QED) is 0.629. The molecule has 0 saturated carbocycles. The van der Waals surface area contributed by atoms with Gasteiger partial charge in [0.2, 0.25) is 5.91 Å². The number of hydrogen-bond donors (Lipinski definition) is 1. The van der Waals surface area contributed by atoms with Gasteiger partial charge in [-0.05, 0) is 60.3 Å². The summed E-state index contributed by atoms with van der Waals surface area (Å²) in [6.45, 7) is 2.47. The lowest BCUT2D eigenvalue weighted by atomic mass is 9.74. The number of hydrogen-bond acceptors (Lipinski definition) is 4. The van der Waals surface area contributed by atoms with Gasteiger partial charge in [-0.1, -0.05) is 42.5 Å². The Balaban J connectivity index is 1.34. The minimum Gasteiger partial charge on any atom is -0.395 e. The van der Waals surface area contributed by atoms with E-state index in [1.54, 1.807) is 18.3 Å². The number of nitrogens with zero attached hydrogens (tertiary/aromatic N) is 3. The minimum atomic E-state index is -0.243. The van der Waals surface area contributed by atoms with Crippen molar-refractivity contribution in [2.75, 3.05) is 26.2 Å². The van der Waals surface area contributed by atoms with Crippen LogP contribution >= 0.6 is 0 Å². The van der Waals surface area contributed by atoms with E-state index in [0.717, 1.165) is 42.8 Å². The fraction of sp³-hybridized carbons (Fsp3) is 0.357. The standard InChI is InChI=1S/C28H30FN3O2/c29-23-12-10-21(11-13-23)20-6-8-22(9-7-20)28-25-18-31(15-3-4-16-32(25)26(28)19-33)27(34)17-24-5-1-2-14-30-24/h1-2,5-14,25-26,28,33H,3-4,15-19H2/t25-,26-,28+/m1/s1. The molecule has 34 heavy (non-hydrogen) atoms. The molecule has 176 valence electrons. The van der Waals surface area contributed by atoms with Gasteiger partial charge in [0.1, 0.15) is 5.82 Å². The first-order chi connectivity index (χ1) is 16.6. The Hall–Kier alpha value is -3.09. The Morgan fingerprint density at radius 3 is 2.35 bits per heavy atom. The summed E-state index contributed by atoms with van der Waals surface area (Å²) in [5, 5.41) is 10.2. The number of pyridine rings is 1. The van der Waals surface area contributed by atoms with Crippen molar-refractivity contribution in [2.45, 2.75) is 37.3 Å². The van der Waals surface area contributed by atoms with Gasteiger partial charge < -0.3 is 10.0 Å². The molecule has 6 heteroatoms. The molecule has 1 amide bonds. The summed E-state index contributed by atoms with van der Waals surface area (Å²) in [7, 11) is 0. The van der Waals surface area contributed by atoms with Crippen molar-refractivity contribution in [3.63, 3.8) is 0 Å². The van der Waals surface area contributed by atoms with Crippen LogP contribution in [-0.4, -0.2) is 64.1 Å².